The number of carbonyl (C=O) groups is 2. The van der Waals surface area contributed by atoms with Gasteiger partial charge in [0.2, 0.25) is 11.0 Å². The topological polar surface area (TPSA) is 84.0 Å². The summed E-state index contributed by atoms with van der Waals surface area (Å²) in [5, 5.41) is 14.9. The second-order valence-electron chi connectivity index (χ2n) is 5.72. The minimum absolute atomic E-state index is 0.0462. The molecule has 1 amide bonds. The molecule has 0 aliphatic rings. The summed E-state index contributed by atoms with van der Waals surface area (Å²) in [6.45, 7) is 2.07. The highest BCUT2D eigenvalue weighted by molar-refractivity contribution is 9.10. The Morgan fingerprint density at radius 3 is 2.82 bits per heavy atom. The van der Waals surface area contributed by atoms with E-state index in [1.54, 1.807) is 0 Å². The van der Waals surface area contributed by atoms with E-state index in [0.29, 0.717) is 17.4 Å². The molecular formula is C18H17BrN4O2S3. The molecule has 2 N–H and O–H groups in total. The first-order chi connectivity index (χ1) is 13.5. The number of thiophene rings is 1. The lowest BCUT2D eigenvalue weighted by molar-refractivity contribution is -0.118. The maximum atomic E-state index is 12.4. The van der Waals surface area contributed by atoms with E-state index in [-0.39, 0.29) is 11.7 Å². The Balaban J connectivity index is 1.49. The van der Waals surface area contributed by atoms with Crippen LogP contribution in [0.5, 0.6) is 0 Å². The first-order valence-electron chi connectivity index (χ1n) is 8.35. The highest BCUT2D eigenvalue weighted by atomic mass is 79.9. The minimum atomic E-state index is -0.0462. The molecule has 2 heterocycles. The number of nitrogens with zero attached hydrogens (tertiary/aromatic N) is 2. The summed E-state index contributed by atoms with van der Waals surface area (Å²) in [5.41, 5.74) is 0.920. The maximum absolute atomic E-state index is 12.4. The van der Waals surface area contributed by atoms with Crippen molar-refractivity contribution >= 4 is 72.9 Å². The van der Waals surface area contributed by atoms with Crippen LogP contribution in [-0.4, -0.2) is 34.2 Å². The molecule has 28 heavy (non-hydrogen) atoms. The Morgan fingerprint density at radius 2 is 2.04 bits per heavy atom. The van der Waals surface area contributed by atoms with Crippen molar-refractivity contribution in [2.75, 3.05) is 17.6 Å². The summed E-state index contributed by atoms with van der Waals surface area (Å²) in [6.07, 6.45) is 0.728. The standard InChI is InChI=1S/C18H17BrN4O2S3/c1-11(24)20-8-7-14-5-6-16(27-14)15(25)10-26-18-23-22-17(28-18)21-13-4-2-3-12(19)9-13/h2-6,9H,7-8,10H2,1H3,(H,20,24)(H,21,22). The minimum Gasteiger partial charge on any atom is -0.356 e. The van der Waals surface area contributed by atoms with Crippen LogP contribution in [0.25, 0.3) is 0 Å². The van der Waals surface area contributed by atoms with Crippen LogP contribution in [0, 0.1) is 0 Å². The third kappa shape index (κ3) is 6.40. The second-order valence-corrected chi connectivity index (χ2v) is 10.0. The molecule has 0 unspecified atom stereocenters. The van der Waals surface area contributed by atoms with E-state index in [0.717, 1.165) is 30.7 Å². The second kappa shape index (κ2) is 10.1. The van der Waals surface area contributed by atoms with Crippen LogP contribution < -0.4 is 10.6 Å². The molecule has 1 aromatic carbocycles. The molecule has 0 atom stereocenters. The Morgan fingerprint density at radius 1 is 1.18 bits per heavy atom. The van der Waals surface area contributed by atoms with Crippen molar-refractivity contribution in [2.24, 2.45) is 0 Å². The molecule has 10 heteroatoms. The van der Waals surface area contributed by atoms with Crippen LogP contribution in [0.15, 0.2) is 45.2 Å². The largest absolute Gasteiger partial charge is 0.356 e. The summed E-state index contributed by atoms with van der Waals surface area (Å²) in [6, 6.07) is 11.6. The van der Waals surface area contributed by atoms with E-state index >= 15 is 0 Å². The number of ketones is 1. The lowest BCUT2D eigenvalue weighted by Gasteiger charge is -2.01. The highest BCUT2D eigenvalue weighted by Crippen LogP contribution is 2.29. The van der Waals surface area contributed by atoms with Gasteiger partial charge in [-0.2, -0.15) is 0 Å². The van der Waals surface area contributed by atoms with Crippen molar-refractivity contribution < 1.29 is 9.59 Å². The number of Topliss-reactive ketones (excluding diaryl/α,β-unsaturated/α-hetero) is 1. The van der Waals surface area contributed by atoms with Crippen LogP contribution >= 0.6 is 50.4 Å². The van der Waals surface area contributed by atoms with Gasteiger partial charge in [0.1, 0.15) is 0 Å². The van der Waals surface area contributed by atoms with E-state index < -0.39 is 0 Å². The molecule has 0 bridgehead atoms. The third-order valence-corrected chi connectivity index (χ3v) is 7.14. The van der Waals surface area contributed by atoms with Crippen LogP contribution in [0.1, 0.15) is 21.5 Å². The van der Waals surface area contributed by atoms with E-state index in [4.69, 9.17) is 0 Å². The number of anilines is 2. The van der Waals surface area contributed by atoms with Gasteiger partial charge in [-0.05, 0) is 36.8 Å². The van der Waals surface area contributed by atoms with Crippen molar-refractivity contribution in [2.45, 2.75) is 17.7 Å². The molecule has 3 rings (SSSR count). The number of halogens is 1. The van der Waals surface area contributed by atoms with E-state index in [1.165, 1.54) is 41.4 Å². The molecule has 3 aromatic rings. The van der Waals surface area contributed by atoms with Gasteiger partial charge >= 0.3 is 0 Å². The molecule has 0 radical (unpaired) electrons. The van der Waals surface area contributed by atoms with Gasteiger partial charge in [-0.3, -0.25) is 9.59 Å². The van der Waals surface area contributed by atoms with Crippen molar-refractivity contribution in [1.29, 1.82) is 0 Å². The van der Waals surface area contributed by atoms with Crippen molar-refractivity contribution in [3.05, 3.63) is 50.6 Å². The quantitative estimate of drug-likeness (QED) is 0.328. The molecule has 0 saturated carbocycles. The van der Waals surface area contributed by atoms with Gasteiger partial charge in [0.05, 0.1) is 10.6 Å². The molecule has 0 aliphatic carbocycles. The van der Waals surface area contributed by atoms with Gasteiger partial charge in [0, 0.05) is 28.5 Å². The number of carbonyl (C=O) groups excluding carboxylic acids is 2. The number of hydrogen-bond donors (Lipinski definition) is 2. The monoisotopic (exact) mass is 496 g/mol. The molecular weight excluding hydrogens is 480 g/mol. The number of benzene rings is 1. The zero-order valence-corrected chi connectivity index (χ0v) is 18.9. The molecule has 6 nitrogen and oxygen atoms in total. The number of nitrogens with one attached hydrogen (secondary N) is 2. The average Bonchev–Trinajstić information content (AvgIpc) is 3.29. The normalized spacial score (nSPS) is 10.6. The number of rotatable bonds is 9. The summed E-state index contributed by atoms with van der Waals surface area (Å²) in [7, 11) is 0. The fourth-order valence-corrected chi connectivity index (χ4v) is 5.32. The first-order valence-corrected chi connectivity index (χ1v) is 11.8. The van der Waals surface area contributed by atoms with Crippen molar-refractivity contribution in [3.63, 3.8) is 0 Å². The van der Waals surface area contributed by atoms with Crippen molar-refractivity contribution in [3.8, 4) is 0 Å². The maximum Gasteiger partial charge on any atom is 0.216 e. The number of thioether (sulfide) groups is 1. The Labute approximate surface area is 183 Å². The van der Waals surface area contributed by atoms with E-state index in [9.17, 15) is 9.59 Å². The van der Waals surface area contributed by atoms with Crippen LogP contribution in [0.3, 0.4) is 0 Å². The zero-order valence-electron chi connectivity index (χ0n) is 14.9. The number of aromatic nitrogens is 2. The van der Waals surface area contributed by atoms with Gasteiger partial charge in [0.15, 0.2) is 10.1 Å². The molecule has 0 aliphatic heterocycles. The summed E-state index contributed by atoms with van der Waals surface area (Å²) in [4.78, 5) is 25.1. The van der Waals surface area contributed by atoms with Gasteiger partial charge in [0.25, 0.3) is 0 Å². The summed E-state index contributed by atoms with van der Waals surface area (Å²) in [5.74, 6) is 0.338. The predicted octanol–water partition coefficient (Wildman–Crippen LogP) is 4.76. The fraction of sp³-hybridized carbons (Fsp3) is 0.222. The Bertz CT molecular complexity index is 973. The molecule has 146 valence electrons. The Hall–Kier alpha value is -1.75. The Kier molecular flexibility index (Phi) is 7.60. The van der Waals surface area contributed by atoms with Gasteiger partial charge in [-0.1, -0.05) is 45.1 Å². The number of hydrogen-bond acceptors (Lipinski definition) is 8. The van der Waals surface area contributed by atoms with Crippen LogP contribution in [-0.2, 0) is 11.2 Å². The summed E-state index contributed by atoms with van der Waals surface area (Å²) >= 11 is 7.71. The molecule has 0 saturated heterocycles. The first kappa shape index (κ1) is 21.0. The SMILES string of the molecule is CC(=O)NCCc1ccc(C(=O)CSc2nnc(Nc3cccc(Br)c3)s2)s1. The average molecular weight is 497 g/mol. The predicted molar refractivity (Wildman–Crippen MR) is 119 cm³/mol. The summed E-state index contributed by atoms with van der Waals surface area (Å²) < 4.78 is 1.72. The van der Waals surface area contributed by atoms with Gasteiger partial charge in [-0.25, -0.2) is 0 Å². The van der Waals surface area contributed by atoms with Crippen LogP contribution in [0.4, 0.5) is 10.8 Å². The van der Waals surface area contributed by atoms with Crippen molar-refractivity contribution in [1.82, 2.24) is 15.5 Å². The highest BCUT2D eigenvalue weighted by Gasteiger charge is 2.12. The molecule has 2 aromatic heterocycles. The molecule has 0 spiro atoms. The van der Waals surface area contributed by atoms with Crippen LogP contribution in [0.2, 0.25) is 0 Å². The molecule has 0 fully saturated rings. The van der Waals surface area contributed by atoms with Gasteiger partial charge < -0.3 is 10.6 Å². The smallest absolute Gasteiger partial charge is 0.216 e. The van der Waals surface area contributed by atoms with E-state index in [1.807, 2.05) is 36.4 Å². The lowest BCUT2D eigenvalue weighted by Crippen LogP contribution is -2.22. The fourth-order valence-electron chi connectivity index (χ4n) is 2.23. The lowest BCUT2D eigenvalue weighted by atomic mass is 10.3. The third-order valence-electron chi connectivity index (χ3n) is 3.49. The van der Waals surface area contributed by atoms with Gasteiger partial charge in [-0.15, -0.1) is 21.5 Å². The number of amides is 1. The van der Waals surface area contributed by atoms with E-state index in [2.05, 4.69) is 36.8 Å². The zero-order chi connectivity index (χ0) is 19.9.